The van der Waals surface area contributed by atoms with Crippen molar-refractivity contribution in [3.63, 3.8) is 0 Å². The molecule has 0 bridgehead atoms. The van der Waals surface area contributed by atoms with Crippen LogP contribution in [0.3, 0.4) is 0 Å². The molecule has 0 aliphatic carbocycles. The maximum Gasteiger partial charge on any atom is 0.333 e. The zero-order valence-corrected chi connectivity index (χ0v) is 55.8. The number of rotatable bonds is 60. The predicted octanol–water partition coefficient (Wildman–Crippen LogP) is 13.1. The summed E-state index contributed by atoms with van der Waals surface area (Å²) in [5, 5.41) is 33.1. The summed E-state index contributed by atoms with van der Waals surface area (Å²) >= 11 is 0. The maximum absolute atomic E-state index is 13.1. The molecule has 11 unspecified atom stereocenters. The molecule has 0 amide bonds. The highest BCUT2D eigenvalue weighted by atomic mass is 16.6. The van der Waals surface area contributed by atoms with Crippen molar-refractivity contribution in [1.29, 1.82) is 0 Å². The molecule has 19 nitrogen and oxygen atoms in total. The summed E-state index contributed by atoms with van der Waals surface area (Å²) in [6, 6.07) is 0. The molecule has 0 saturated carbocycles. The predicted molar refractivity (Wildman–Crippen MR) is 339 cm³/mol. The Morgan fingerprint density at radius 3 is 1.13 bits per heavy atom. The van der Waals surface area contributed by atoms with E-state index in [1.807, 2.05) is 0 Å². The second-order valence-electron chi connectivity index (χ2n) is 25.4. The fourth-order valence-electron chi connectivity index (χ4n) is 10.9. The molecule has 2 aliphatic rings. The van der Waals surface area contributed by atoms with E-state index in [0.29, 0.717) is 82.6 Å². The van der Waals surface area contributed by atoms with Crippen molar-refractivity contribution in [1.82, 2.24) is 0 Å². The summed E-state index contributed by atoms with van der Waals surface area (Å²) in [6.07, 6.45) is 22.2. The first kappa shape index (κ1) is 80.8. The number of hydrogen-bond acceptors (Lipinski definition) is 19. The minimum absolute atomic E-state index is 0.0219. The number of carbonyl (C=O) groups is 8. The van der Waals surface area contributed by atoms with Gasteiger partial charge in [-0.15, -0.1) is 0 Å². The van der Waals surface area contributed by atoms with E-state index in [0.717, 1.165) is 141 Å². The Morgan fingerprint density at radius 2 is 0.719 bits per heavy atom. The Hall–Kier alpha value is -4.30. The van der Waals surface area contributed by atoms with Gasteiger partial charge < -0.3 is 62.8 Å². The van der Waals surface area contributed by atoms with Crippen LogP contribution in [-0.2, 0) is 76.3 Å². The normalized spacial score (nSPS) is 18.3. The molecule has 3 N–H and O–H groups in total. The summed E-state index contributed by atoms with van der Waals surface area (Å²) in [5.41, 5.74) is 0.305. The number of esters is 6. The Kier molecular flexibility index (Phi) is 45.6. The highest BCUT2D eigenvalue weighted by Crippen LogP contribution is 2.35. The van der Waals surface area contributed by atoms with Gasteiger partial charge in [-0.2, -0.15) is 0 Å². The Labute approximate surface area is 534 Å². The van der Waals surface area contributed by atoms with Gasteiger partial charge in [-0.1, -0.05) is 169 Å². The summed E-state index contributed by atoms with van der Waals surface area (Å²) in [6.45, 7) is 14.0. The van der Waals surface area contributed by atoms with Gasteiger partial charge in [0.25, 0.3) is 0 Å². The van der Waals surface area contributed by atoms with Crippen molar-refractivity contribution < 1.29 is 91.6 Å². The number of ketones is 2. The largest absolute Gasteiger partial charge is 0.462 e. The SMILES string of the molecule is C=C(C)C(=O)OC(CCCCCCC)C(O)CCCCCCCCC(=O)OC(COC(=O)CCCCCCCCC(O)C(CC1OC1CCCC)OC(=O)CCC(C)=O)COC(=O)CCCCCCC(O)C(CC1OC1CCCCC)OC(=O)CCC(C)=O. The lowest BCUT2D eigenvalue weighted by molar-refractivity contribution is -0.167. The van der Waals surface area contributed by atoms with E-state index < -0.39 is 78.5 Å². The van der Waals surface area contributed by atoms with E-state index in [4.69, 9.17) is 37.9 Å². The molecule has 2 heterocycles. The molecule has 89 heavy (non-hydrogen) atoms. The maximum atomic E-state index is 13.1. The van der Waals surface area contributed by atoms with Crippen molar-refractivity contribution in [2.45, 2.75) is 372 Å². The van der Waals surface area contributed by atoms with Crippen molar-refractivity contribution >= 4 is 47.4 Å². The highest BCUT2D eigenvalue weighted by Gasteiger charge is 2.43. The third kappa shape index (κ3) is 42.5. The number of hydrogen-bond donors (Lipinski definition) is 3. The molecule has 514 valence electrons. The standard InChI is InChI=1S/C70H120O19/c1-8-11-14-19-30-38-58(89-70(81)51(4)5)55(73)34-27-20-16-18-23-33-42-67(78)84-54(50-83-66(77)41-32-25-24-29-36-57(75)62(88-69(80)46-44-53(7)72)48-64-60(86-64)39-26-12-9-2)49-82-65(76)40-31-22-17-15-21-28-35-56(74)61(87-68(79)45-43-52(6)71)47-63-59(85-63)37-13-10-3/h54-64,73-75H,4,8-50H2,1-3,5-7H3. The van der Waals surface area contributed by atoms with Gasteiger partial charge in [0.1, 0.15) is 43.1 Å². The number of ether oxygens (including phenoxy) is 8. The number of Topliss-reactive ketones (excluding diaryl/α,β-unsaturated/α-hetero) is 2. The van der Waals surface area contributed by atoms with Crippen LogP contribution in [0.15, 0.2) is 12.2 Å². The third-order valence-corrected chi connectivity index (χ3v) is 16.7. The number of unbranched alkanes of at least 4 members (excludes halogenated alkanes) is 20. The quantitative estimate of drug-likeness (QED) is 0.0168. The van der Waals surface area contributed by atoms with Gasteiger partial charge in [-0.25, -0.2) is 4.79 Å². The fourth-order valence-corrected chi connectivity index (χ4v) is 10.9. The molecule has 0 aromatic carbocycles. The van der Waals surface area contributed by atoms with E-state index in [-0.39, 0.29) is 94.1 Å². The van der Waals surface area contributed by atoms with E-state index in [1.165, 1.54) is 13.8 Å². The summed E-state index contributed by atoms with van der Waals surface area (Å²) in [4.78, 5) is 99.3. The van der Waals surface area contributed by atoms with Crippen LogP contribution >= 0.6 is 0 Å². The van der Waals surface area contributed by atoms with Gasteiger partial charge in [0.15, 0.2) is 6.10 Å². The fraction of sp³-hybridized carbons (Fsp3) is 0.857. The summed E-state index contributed by atoms with van der Waals surface area (Å²) < 4.78 is 45.4. The highest BCUT2D eigenvalue weighted by molar-refractivity contribution is 5.87. The van der Waals surface area contributed by atoms with Crippen molar-refractivity contribution in [3.05, 3.63) is 12.2 Å². The molecular formula is C70H120O19. The van der Waals surface area contributed by atoms with Gasteiger partial charge in [-0.05, 0) is 85.0 Å². The van der Waals surface area contributed by atoms with Crippen molar-refractivity contribution in [3.8, 4) is 0 Å². The van der Waals surface area contributed by atoms with Crippen LogP contribution in [0.5, 0.6) is 0 Å². The van der Waals surface area contributed by atoms with Gasteiger partial charge >= 0.3 is 35.8 Å². The zero-order chi connectivity index (χ0) is 65.6. The lowest BCUT2D eigenvalue weighted by atomic mass is 9.99. The molecule has 2 rings (SSSR count). The average Bonchev–Trinajstić information content (AvgIpc) is 2.46. The molecule has 2 aliphatic heterocycles. The van der Waals surface area contributed by atoms with Crippen LogP contribution in [0.2, 0.25) is 0 Å². The van der Waals surface area contributed by atoms with Gasteiger partial charge in [0.2, 0.25) is 0 Å². The molecule has 0 aromatic heterocycles. The number of aliphatic hydroxyl groups is 3. The molecule has 0 spiro atoms. The van der Waals surface area contributed by atoms with Gasteiger partial charge in [0, 0.05) is 50.5 Å². The Morgan fingerprint density at radius 1 is 0.371 bits per heavy atom. The van der Waals surface area contributed by atoms with Crippen LogP contribution in [0, 0.1) is 0 Å². The van der Waals surface area contributed by atoms with Crippen LogP contribution in [0.25, 0.3) is 0 Å². The first-order valence-electron chi connectivity index (χ1n) is 34.9. The van der Waals surface area contributed by atoms with E-state index in [9.17, 15) is 53.7 Å². The minimum Gasteiger partial charge on any atom is -0.462 e. The van der Waals surface area contributed by atoms with Crippen LogP contribution in [0.1, 0.15) is 305 Å². The Bertz CT molecular complexity index is 1990. The smallest absolute Gasteiger partial charge is 0.333 e. The van der Waals surface area contributed by atoms with E-state index in [2.05, 4.69) is 27.4 Å². The lowest BCUT2D eigenvalue weighted by Crippen LogP contribution is -2.33. The summed E-state index contributed by atoms with van der Waals surface area (Å²) in [5.74, 6) is -3.17. The Balaban J connectivity index is 1.85. The molecule has 2 saturated heterocycles. The lowest BCUT2D eigenvalue weighted by Gasteiger charge is -2.23. The molecule has 0 aromatic rings. The van der Waals surface area contributed by atoms with E-state index >= 15 is 0 Å². The van der Waals surface area contributed by atoms with Gasteiger partial charge in [0.05, 0.1) is 55.6 Å². The van der Waals surface area contributed by atoms with E-state index in [1.54, 1.807) is 6.92 Å². The van der Waals surface area contributed by atoms with Crippen LogP contribution in [0.4, 0.5) is 0 Å². The molecular weight excluding hydrogens is 1140 g/mol. The van der Waals surface area contributed by atoms with Crippen molar-refractivity contribution in [2.24, 2.45) is 0 Å². The van der Waals surface area contributed by atoms with Gasteiger partial charge in [-0.3, -0.25) is 24.0 Å². The van der Waals surface area contributed by atoms with Crippen LogP contribution in [-0.4, -0.2) is 143 Å². The number of aliphatic hydroxyl groups excluding tert-OH is 3. The average molecular weight is 1270 g/mol. The first-order valence-corrected chi connectivity index (χ1v) is 34.9. The third-order valence-electron chi connectivity index (χ3n) is 16.7. The first-order chi connectivity index (χ1) is 42.8. The van der Waals surface area contributed by atoms with Crippen molar-refractivity contribution in [2.75, 3.05) is 13.2 Å². The summed E-state index contributed by atoms with van der Waals surface area (Å²) in [7, 11) is 0. The molecule has 2 fully saturated rings. The number of carbonyl (C=O) groups excluding carboxylic acids is 8. The molecule has 11 atom stereocenters. The second kappa shape index (κ2) is 50.3. The van der Waals surface area contributed by atoms with Crippen LogP contribution < -0.4 is 0 Å². The molecule has 0 radical (unpaired) electrons. The number of epoxide rings is 2. The topological polar surface area (TPSA) is 278 Å². The monoisotopic (exact) mass is 1260 g/mol. The minimum atomic E-state index is -1.01. The molecule has 19 heteroatoms. The second-order valence-corrected chi connectivity index (χ2v) is 25.4. The zero-order valence-electron chi connectivity index (χ0n) is 55.8.